The van der Waals surface area contributed by atoms with Gasteiger partial charge in [-0.2, -0.15) is 0 Å². The summed E-state index contributed by atoms with van der Waals surface area (Å²) in [5, 5.41) is 2.23. The Kier molecular flexibility index (Phi) is 6.08. The van der Waals surface area contributed by atoms with Crippen molar-refractivity contribution in [1.82, 2.24) is 0 Å². The van der Waals surface area contributed by atoms with Gasteiger partial charge in [0, 0.05) is 10.0 Å². The van der Waals surface area contributed by atoms with Gasteiger partial charge in [-0.25, -0.2) is 0 Å². The van der Waals surface area contributed by atoms with Crippen LogP contribution in [0.3, 0.4) is 0 Å². The summed E-state index contributed by atoms with van der Waals surface area (Å²) in [6.45, 7) is 8.22. The van der Waals surface area contributed by atoms with E-state index in [4.69, 9.17) is 9.47 Å². The Hall–Kier alpha value is -1.00. The van der Waals surface area contributed by atoms with E-state index in [0.29, 0.717) is 6.61 Å². The molecule has 0 aromatic heterocycles. The van der Waals surface area contributed by atoms with E-state index in [1.54, 1.807) is 13.2 Å². The van der Waals surface area contributed by atoms with Gasteiger partial charge in [0.25, 0.3) is 0 Å². The Morgan fingerprint density at radius 2 is 2.18 bits per heavy atom. The molecule has 0 aliphatic rings. The molecule has 1 aromatic rings. The summed E-state index contributed by atoms with van der Waals surface area (Å²) in [5.41, 5.74) is 1.20. The molecule has 1 aromatic carbocycles. The molecule has 0 fully saturated rings. The largest absolute Gasteiger partial charge is 0.493 e. The third-order valence-electron chi connectivity index (χ3n) is 2.34. The summed E-state index contributed by atoms with van der Waals surface area (Å²) in [6, 6.07) is 3.95. The minimum atomic E-state index is 0.475. The molecule has 0 bridgehead atoms. The molecule has 0 heterocycles. The average molecular weight is 301 g/mol. The number of hydrogen-bond donors (Lipinski definition) is 1. The fourth-order valence-electron chi connectivity index (χ4n) is 1.45. The van der Waals surface area contributed by atoms with Gasteiger partial charge < -0.3 is 14.8 Å². The van der Waals surface area contributed by atoms with Crippen molar-refractivity contribution in [3.05, 3.63) is 34.8 Å². The van der Waals surface area contributed by atoms with E-state index in [1.807, 2.05) is 12.1 Å². The summed E-state index contributed by atoms with van der Waals surface area (Å²) in [5.74, 6) is 1.49. The Balaban J connectivity index is 2.93. The monoisotopic (exact) mass is 300 g/mol. The number of halogens is 1. The number of nitrogens with two attached hydrogens (primary N) is 1. The SMILES string of the molecule is C=CCOc1cc(Br)c(C[NH2+]CC)cc1OC. The van der Waals surface area contributed by atoms with Gasteiger partial charge >= 0.3 is 0 Å². The van der Waals surface area contributed by atoms with Crippen LogP contribution < -0.4 is 14.8 Å². The lowest BCUT2D eigenvalue weighted by molar-refractivity contribution is -0.667. The Labute approximate surface area is 111 Å². The first-order valence-corrected chi connectivity index (χ1v) is 6.44. The predicted molar refractivity (Wildman–Crippen MR) is 72.6 cm³/mol. The molecule has 0 atom stereocenters. The molecule has 0 aliphatic heterocycles. The zero-order chi connectivity index (χ0) is 12.7. The van der Waals surface area contributed by atoms with Crippen LogP contribution in [0.25, 0.3) is 0 Å². The van der Waals surface area contributed by atoms with Crippen LogP contribution in [-0.4, -0.2) is 20.3 Å². The molecule has 0 saturated heterocycles. The van der Waals surface area contributed by atoms with E-state index >= 15 is 0 Å². The van der Waals surface area contributed by atoms with Crippen LogP contribution in [0.4, 0.5) is 0 Å². The summed E-state index contributed by atoms with van der Waals surface area (Å²) < 4.78 is 11.9. The molecule has 0 saturated carbocycles. The van der Waals surface area contributed by atoms with Crippen molar-refractivity contribution < 1.29 is 14.8 Å². The molecule has 0 radical (unpaired) electrons. The number of benzene rings is 1. The average Bonchev–Trinajstić information content (AvgIpc) is 2.35. The Morgan fingerprint density at radius 1 is 1.41 bits per heavy atom. The van der Waals surface area contributed by atoms with Crippen LogP contribution >= 0.6 is 15.9 Å². The molecule has 0 aliphatic carbocycles. The summed E-state index contributed by atoms with van der Waals surface area (Å²) in [4.78, 5) is 0. The molecule has 17 heavy (non-hydrogen) atoms. The van der Waals surface area contributed by atoms with Crippen molar-refractivity contribution in [1.29, 1.82) is 0 Å². The van der Waals surface area contributed by atoms with Crippen molar-refractivity contribution >= 4 is 15.9 Å². The Bertz CT molecular complexity index is 380. The highest BCUT2D eigenvalue weighted by Crippen LogP contribution is 2.33. The first kappa shape index (κ1) is 14.1. The maximum Gasteiger partial charge on any atom is 0.162 e. The normalized spacial score (nSPS) is 10.1. The van der Waals surface area contributed by atoms with Gasteiger partial charge in [-0.15, -0.1) is 0 Å². The van der Waals surface area contributed by atoms with E-state index in [0.717, 1.165) is 29.1 Å². The number of quaternary nitrogens is 1. The van der Waals surface area contributed by atoms with E-state index in [1.165, 1.54) is 5.56 Å². The highest BCUT2D eigenvalue weighted by molar-refractivity contribution is 9.10. The minimum absolute atomic E-state index is 0.475. The molecule has 0 spiro atoms. The van der Waals surface area contributed by atoms with Crippen LogP contribution in [0, 0.1) is 0 Å². The minimum Gasteiger partial charge on any atom is -0.493 e. The van der Waals surface area contributed by atoms with Crippen LogP contribution in [0.15, 0.2) is 29.3 Å². The summed E-state index contributed by atoms with van der Waals surface area (Å²) in [6.07, 6.45) is 1.71. The fourth-order valence-corrected chi connectivity index (χ4v) is 1.94. The number of methoxy groups -OCH3 is 1. The zero-order valence-electron chi connectivity index (χ0n) is 10.3. The number of ether oxygens (including phenoxy) is 2. The maximum atomic E-state index is 5.53. The smallest absolute Gasteiger partial charge is 0.162 e. The third-order valence-corrected chi connectivity index (χ3v) is 3.08. The lowest BCUT2D eigenvalue weighted by atomic mass is 10.2. The topological polar surface area (TPSA) is 35.1 Å². The van der Waals surface area contributed by atoms with E-state index in [-0.39, 0.29) is 0 Å². The van der Waals surface area contributed by atoms with Gasteiger partial charge in [0.05, 0.1) is 13.7 Å². The van der Waals surface area contributed by atoms with E-state index < -0.39 is 0 Å². The first-order valence-electron chi connectivity index (χ1n) is 5.64. The summed E-state index contributed by atoms with van der Waals surface area (Å²) in [7, 11) is 1.65. The van der Waals surface area contributed by atoms with Crippen molar-refractivity contribution in [2.24, 2.45) is 0 Å². The standard InChI is InChI=1S/C13H18BrNO2/c1-4-6-17-13-8-11(14)10(9-15-5-2)7-12(13)16-3/h4,7-8,15H,1,5-6,9H2,2-3H3/p+1. The molecule has 3 nitrogen and oxygen atoms in total. The van der Waals surface area contributed by atoms with Crippen molar-refractivity contribution in [2.75, 3.05) is 20.3 Å². The second kappa shape index (κ2) is 7.35. The van der Waals surface area contributed by atoms with Crippen molar-refractivity contribution in [3.63, 3.8) is 0 Å². The molecular formula is C13H19BrNO2+. The molecular weight excluding hydrogens is 282 g/mol. The van der Waals surface area contributed by atoms with Crippen molar-refractivity contribution in [3.8, 4) is 11.5 Å². The number of hydrogen-bond acceptors (Lipinski definition) is 2. The fraction of sp³-hybridized carbons (Fsp3) is 0.385. The second-order valence-electron chi connectivity index (χ2n) is 3.60. The van der Waals surface area contributed by atoms with Crippen LogP contribution in [0.1, 0.15) is 12.5 Å². The molecule has 94 valence electrons. The molecule has 4 heteroatoms. The third kappa shape index (κ3) is 4.06. The van der Waals surface area contributed by atoms with Crippen molar-refractivity contribution in [2.45, 2.75) is 13.5 Å². The number of rotatable bonds is 7. The first-order chi connectivity index (χ1) is 8.22. The van der Waals surface area contributed by atoms with E-state index in [2.05, 4.69) is 34.7 Å². The lowest BCUT2D eigenvalue weighted by Crippen LogP contribution is -2.81. The van der Waals surface area contributed by atoms with Crippen LogP contribution in [0.5, 0.6) is 11.5 Å². The van der Waals surface area contributed by atoms with Gasteiger partial charge in [-0.1, -0.05) is 28.6 Å². The second-order valence-corrected chi connectivity index (χ2v) is 4.45. The molecule has 1 rings (SSSR count). The molecule has 2 N–H and O–H groups in total. The van der Waals surface area contributed by atoms with Gasteiger partial charge in [-0.3, -0.25) is 0 Å². The maximum absolute atomic E-state index is 5.53. The Morgan fingerprint density at radius 3 is 2.76 bits per heavy atom. The van der Waals surface area contributed by atoms with Gasteiger partial charge in [0.1, 0.15) is 13.2 Å². The van der Waals surface area contributed by atoms with Gasteiger partial charge in [0.15, 0.2) is 11.5 Å². The molecule has 0 unspecified atom stereocenters. The van der Waals surface area contributed by atoms with Gasteiger partial charge in [-0.05, 0) is 19.1 Å². The van der Waals surface area contributed by atoms with Crippen LogP contribution in [-0.2, 0) is 6.54 Å². The predicted octanol–water partition coefficient (Wildman–Crippen LogP) is 2.11. The van der Waals surface area contributed by atoms with E-state index in [9.17, 15) is 0 Å². The van der Waals surface area contributed by atoms with Crippen LogP contribution in [0.2, 0.25) is 0 Å². The molecule has 0 amide bonds. The summed E-state index contributed by atoms with van der Waals surface area (Å²) >= 11 is 3.55. The highest BCUT2D eigenvalue weighted by Gasteiger charge is 2.10. The van der Waals surface area contributed by atoms with Gasteiger partial charge in [0.2, 0.25) is 0 Å². The zero-order valence-corrected chi connectivity index (χ0v) is 11.9. The highest BCUT2D eigenvalue weighted by atomic mass is 79.9. The lowest BCUT2D eigenvalue weighted by Gasteiger charge is -2.12. The quantitative estimate of drug-likeness (QED) is 0.783.